The Morgan fingerprint density at radius 1 is 1.27 bits per heavy atom. The number of amides is 3. The summed E-state index contributed by atoms with van der Waals surface area (Å²) in [5.74, 6) is -1.07. The summed E-state index contributed by atoms with van der Waals surface area (Å²) in [7, 11) is 1.62. The summed E-state index contributed by atoms with van der Waals surface area (Å²) in [5, 5.41) is 15.0. The summed E-state index contributed by atoms with van der Waals surface area (Å²) in [6.45, 7) is 6.80. The molecule has 3 fully saturated rings. The fourth-order valence-electron chi connectivity index (χ4n) is 5.92. The van der Waals surface area contributed by atoms with Crippen LogP contribution < -0.4 is 10.6 Å². The molecule has 30 heavy (non-hydrogen) atoms. The Labute approximate surface area is 184 Å². The van der Waals surface area contributed by atoms with Crippen LogP contribution in [0.25, 0.3) is 0 Å². The number of likely N-dealkylation sites (tertiary alicyclic amines) is 1. The van der Waals surface area contributed by atoms with E-state index < -0.39 is 22.6 Å². The van der Waals surface area contributed by atoms with Gasteiger partial charge in [0.2, 0.25) is 17.7 Å². The van der Waals surface area contributed by atoms with Gasteiger partial charge in [0.25, 0.3) is 0 Å². The van der Waals surface area contributed by atoms with E-state index in [0.29, 0.717) is 13.0 Å². The highest BCUT2D eigenvalue weighted by atomic mass is 32.2. The number of hydrogen-bond acceptors (Lipinski definition) is 5. The van der Waals surface area contributed by atoms with E-state index in [9.17, 15) is 14.4 Å². The molecule has 3 saturated heterocycles. The molecule has 3 unspecified atom stereocenters. The number of nitrogens with zero attached hydrogens (tertiary/aromatic N) is 1. The minimum atomic E-state index is -0.537. The van der Waals surface area contributed by atoms with E-state index in [2.05, 4.69) is 24.5 Å². The van der Waals surface area contributed by atoms with Crippen LogP contribution in [0.2, 0.25) is 0 Å². The number of fused-ring (bicyclic) bond motifs is 1. The number of aliphatic hydroxyl groups is 1. The average Bonchev–Trinajstić information content (AvgIpc) is 3.26. The van der Waals surface area contributed by atoms with Crippen molar-refractivity contribution in [1.29, 1.82) is 0 Å². The van der Waals surface area contributed by atoms with Crippen molar-refractivity contribution in [3.8, 4) is 0 Å². The van der Waals surface area contributed by atoms with Gasteiger partial charge in [-0.25, -0.2) is 0 Å². The molecule has 0 aromatic carbocycles. The Kier molecular flexibility index (Phi) is 7.07. The van der Waals surface area contributed by atoms with Gasteiger partial charge in [0.05, 0.1) is 16.6 Å². The Morgan fingerprint density at radius 2 is 2.00 bits per heavy atom. The molecular weight excluding hydrogens is 402 g/mol. The monoisotopic (exact) mass is 439 g/mol. The highest BCUT2D eigenvalue weighted by molar-refractivity contribution is 8.02. The normalized spacial score (nSPS) is 35.4. The lowest BCUT2D eigenvalue weighted by Gasteiger charge is -2.35. The first-order chi connectivity index (χ1) is 14.3. The maximum absolute atomic E-state index is 13.6. The maximum atomic E-state index is 13.6. The van der Waals surface area contributed by atoms with E-state index in [4.69, 9.17) is 5.11 Å². The lowest BCUT2D eigenvalue weighted by atomic mass is 9.66. The molecule has 3 aliphatic rings. The van der Waals surface area contributed by atoms with E-state index in [-0.39, 0.29) is 35.1 Å². The first kappa shape index (κ1) is 23.4. The fraction of sp³-hybridized carbons (Fsp3) is 0.864. The smallest absolute Gasteiger partial charge is 0.244 e. The number of carbonyl (C=O) groups excluding carboxylic acids is 3. The van der Waals surface area contributed by atoms with Crippen molar-refractivity contribution in [2.75, 3.05) is 20.2 Å². The molecule has 3 aliphatic heterocycles. The molecule has 0 saturated carbocycles. The topological polar surface area (TPSA) is 98.7 Å². The third-order valence-corrected chi connectivity index (χ3v) is 9.21. The van der Waals surface area contributed by atoms with Crippen LogP contribution in [0.3, 0.4) is 0 Å². The molecule has 8 heteroatoms. The molecule has 3 amide bonds. The molecule has 0 aromatic rings. The van der Waals surface area contributed by atoms with Gasteiger partial charge in [0, 0.05) is 31.0 Å². The molecule has 3 rings (SSSR count). The van der Waals surface area contributed by atoms with Gasteiger partial charge in [-0.1, -0.05) is 13.3 Å². The van der Waals surface area contributed by atoms with Gasteiger partial charge in [0.15, 0.2) is 0 Å². The van der Waals surface area contributed by atoms with Crippen LogP contribution in [0.15, 0.2) is 0 Å². The number of aliphatic hydroxyl groups excluding tert-OH is 1. The second-order valence-electron chi connectivity index (χ2n) is 9.36. The molecule has 0 aromatic heterocycles. The highest BCUT2D eigenvalue weighted by Crippen LogP contribution is 2.71. The van der Waals surface area contributed by atoms with Gasteiger partial charge in [-0.3, -0.25) is 14.4 Å². The first-order valence-electron chi connectivity index (χ1n) is 11.4. The molecule has 6 atom stereocenters. The number of hydrogen-bond donors (Lipinski definition) is 3. The van der Waals surface area contributed by atoms with Crippen molar-refractivity contribution in [1.82, 2.24) is 15.5 Å². The molecule has 0 radical (unpaired) electrons. The standard InChI is InChI=1S/C22H37N3O4S/c1-5-9-14(2)24-19(28)17-22-11-10-21(3,30-22)15(18(27)23-4)16(22)20(29)25(17)12-7-6-8-13-26/h14-17,26H,5-13H2,1-4H3,(H,23,27)(H,24,28)/t14?,15-,16-,17?,21+,22?/m0/s1. The van der Waals surface area contributed by atoms with Crippen LogP contribution in [-0.4, -0.2) is 69.5 Å². The molecule has 0 aliphatic carbocycles. The van der Waals surface area contributed by atoms with Crippen LogP contribution in [0.5, 0.6) is 0 Å². The zero-order chi connectivity index (χ0) is 22.1. The number of carbonyl (C=O) groups is 3. The third kappa shape index (κ3) is 3.74. The van der Waals surface area contributed by atoms with Gasteiger partial charge in [0.1, 0.15) is 6.04 Å². The van der Waals surface area contributed by atoms with Crippen LogP contribution in [0.1, 0.15) is 65.7 Å². The van der Waals surface area contributed by atoms with Crippen LogP contribution in [0.4, 0.5) is 0 Å². The molecule has 7 nitrogen and oxygen atoms in total. The Balaban J connectivity index is 1.92. The lowest BCUT2D eigenvalue weighted by molar-refractivity contribution is -0.140. The number of rotatable bonds is 10. The summed E-state index contributed by atoms with van der Waals surface area (Å²) in [4.78, 5) is 41.7. The van der Waals surface area contributed by atoms with Gasteiger partial charge in [-0.2, -0.15) is 0 Å². The van der Waals surface area contributed by atoms with Crippen molar-refractivity contribution in [2.45, 2.75) is 87.3 Å². The van der Waals surface area contributed by atoms with E-state index >= 15 is 0 Å². The van der Waals surface area contributed by atoms with Crippen molar-refractivity contribution in [3.63, 3.8) is 0 Å². The van der Waals surface area contributed by atoms with Gasteiger partial charge in [-0.15, -0.1) is 11.8 Å². The van der Waals surface area contributed by atoms with Gasteiger partial charge in [-0.05, 0) is 52.4 Å². The van der Waals surface area contributed by atoms with E-state index in [1.54, 1.807) is 23.7 Å². The Morgan fingerprint density at radius 3 is 2.63 bits per heavy atom. The van der Waals surface area contributed by atoms with Crippen molar-refractivity contribution >= 4 is 29.5 Å². The Bertz CT molecular complexity index is 689. The molecule has 3 heterocycles. The third-order valence-electron chi connectivity index (χ3n) is 7.22. The quantitative estimate of drug-likeness (QED) is 0.450. The summed E-state index contributed by atoms with van der Waals surface area (Å²) in [5.41, 5.74) is 0. The SMILES string of the molecule is CCCC(C)NC(=O)C1N(CCCCCO)C(=O)[C@@H]2[C@@H](C(=O)NC)[C@@]3(C)CCC12S3. The number of nitrogens with one attached hydrogen (secondary N) is 2. The summed E-state index contributed by atoms with van der Waals surface area (Å²) in [6.07, 6.45) is 5.74. The Hall–Kier alpha value is -1.28. The highest BCUT2D eigenvalue weighted by Gasteiger charge is 2.76. The summed E-state index contributed by atoms with van der Waals surface area (Å²) < 4.78 is -0.840. The lowest BCUT2D eigenvalue weighted by Crippen LogP contribution is -2.55. The van der Waals surface area contributed by atoms with E-state index in [0.717, 1.165) is 38.5 Å². The fourth-order valence-corrected chi connectivity index (χ4v) is 8.28. The average molecular weight is 440 g/mol. The number of unbranched alkanes of at least 4 members (excludes halogenated alkanes) is 2. The van der Waals surface area contributed by atoms with Crippen molar-refractivity contribution in [3.05, 3.63) is 0 Å². The second-order valence-corrected chi connectivity index (χ2v) is 11.3. The van der Waals surface area contributed by atoms with Gasteiger partial charge < -0.3 is 20.6 Å². The molecule has 170 valence electrons. The first-order valence-corrected chi connectivity index (χ1v) is 12.2. The van der Waals surface area contributed by atoms with Crippen molar-refractivity contribution < 1.29 is 19.5 Å². The molecule has 1 spiro atoms. The summed E-state index contributed by atoms with van der Waals surface area (Å²) >= 11 is 1.71. The van der Waals surface area contributed by atoms with Gasteiger partial charge >= 0.3 is 0 Å². The van der Waals surface area contributed by atoms with E-state index in [1.807, 2.05) is 6.92 Å². The van der Waals surface area contributed by atoms with Crippen LogP contribution in [0, 0.1) is 11.8 Å². The largest absolute Gasteiger partial charge is 0.396 e. The maximum Gasteiger partial charge on any atom is 0.244 e. The predicted molar refractivity (Wildman–Crippen MR) is 118 cm³/mol. The number of thioether (sulfide) groups is 1. The predicted octanol–water partition coefficient (Wildman–Crippen LogP) is 1.68. The van der Waals surface area contributed by atoms with Crippen LogP contribution in [-0.2, 0) is 14.4 Å². The van der Waals surface area contributed by atoms with E-state index in [1.165, 1.54) is 0 Å². The summed E-state index contributed by atoms with van der Waals surface area (Å²) in [6, 6.07) is -0.483. The molecular formula is C22H37N3O4S. The minimum Gasteiger partial charge on any atom is -0.396 e. The van der Waals surface area contributed by atoms with Crippen molar-refractivity contribution in [2.24, 2.45) is 11.8 Å². The second kappa shape index (κ2) is 9.07. The minimum absolute atomic E-state index is 0.0492. The molecule has 3 N–H and O–H groups in total. The molecule has 2 bridgehead atoms. The zero-order valence-corrected chi connectivity index (χ0v) is 19.5. The van der Waals surface area contributed by atoms with Crippen LogP contribution >= 0.6 is 11.8 Å². The zero-order valence-electron chi connectivity index (χ0n) is 18.7.